The standard InChI is InChI=1S/C16H15NO3S/c1-12-5-7-14(8-6-12)21(18,19)17-10-9-13(2)16(17)15-4-3-11-20-15/h3-11H,1-2H3. The fourth-order valence-corrected chi connectivity index (χ4v) is 3.65. The molecule has 0 fully saturated rings. The zero-order chi connectivity index (χ0) is 15.0. The van der Waals surface area contributed by atoms with Crippen LogP contribution in [0.5, 0.6) is 0 Å². The molecule has 3 rings (SSSR count). The molecule has 0 spiro atoms. The molecule has 21 heavy (non-hydrogen) atoms. The number of benzene rings is 1. The van der Waals surface area contributed by atoms with E-state index >= 15 is 0 Å². The van der Waals surface area contributed by atoms with Crippen molar-refractivity contribution in [3.05, 3.63) is 66.1 Å². The summed E-state index contributed by atoms with van der Waals surface area (Å²) < 4.78 is 32.2. The molecule has 108 valence electrons. The molecule has 5 heteroatoms. The Labute approximate surface area is 123 Å². The van der Waals surface area contributed by atoms with Crippen molar-refractivity contribution in [1.29, 1.82) is 0 Å². The summed E-state index contributed by atoms with van der Waals surface area (Å²) in [7, 11) is -3.63. The molecule has 2 aromatic heterocycles. The van der Waals surface area contributed by atoms with Crippen molar-refractivity contribution >= 4 is 10.0 Å². The average molecular weight is 301 g/mol. The van der Waals surface area contributed by atoms with Crippen molar-refractivity contribution in [2.75, 3.05) is 0 Å². The molecule has 3 aromatic rings. The molecule has 0 unspecified atom stereocenters. The molecule has 0 saturated heterocycles. The van der Waals surface area contributed by atoms with Crippen molar-refractivity contribution in [3.63, 3.8) is 0 Å². The van der Waals surface area contributed by atoms with Gasteiger partial charge < -0.3 is 4.42 Å². The van der Waals surface area contributed by atoms with Crippen molar-refractivity contribution < 1.29 is 12.8 Å². The van der Waals surface area contributed by atoms with Gasteiger partial charge in [-0.1, -0.05) is 17.7 Å². The zero-order valence-electron chi connectivity index (χ0n) is 11.8. The van der Waals surface area contributed by atoms with Crippen LogP contribution in [0.25, 0.3) is 11.5 Å². The van der Waals surface area contributed by atoms with Gasteiger partial charge in [-0.3, -0.25) is 0 Å². The number of hydrogen-bond acceptors (Lipinski definition) is 3. The first kappa shape index (κ1) is 13.7. The molecule has 0 N–H and O–H groups in total. The topological polar surface area (TPSA) is 52.2 Å². The highest BCUT2D eigenvalue weighted by Crippen LogP contribution is 2.28. The van der Waals surface area contributed by atoms with E-state index in [9.17, 15) is 8.42 Å². The molecular weight excluding hydrogens is 286 g/mol. The summed E-state index contributed by atoms with van der Waals surface area (Å²) in [5, 5.41) is 0. The third kappa shape index (κ3) is 2.29. The quantitative estimate of drug-likeness (QED) is 0.742. The Bertz CT molecular complexity index is 857. The Kier molecular flexibility index (Phi) is 3.22. The maximum absolute atomic E-state index is 12.8. The molecule has 2 heterocycles. The van der Waals surface area contributed by atoms with E-state index in [1.807, 2.05) is 13.8 Å². The van der Waals surface area contributed by atoms with Crippen LogP contribution in [0.1, 0.15) is 11.1 Å². The minimum atomic E-state index is -3.63. The highest BCUT2D eigenvalue weighted by Gasteiger charge is 2.22. The molecule has 1 aromatic carbocycles. The van der Waals surface area contributed by atoms with Crippen LogP contribution >= 0.6 is 0 Å². The number of rotatable bonds is 3. The highest BCUT2D eigenvalue weighted by atomic mass is 32.2. The number of nitrogens with zero attached hydrogens (tertiary/aromatic N) is 1. The summed E-state index contributed by atoms with van der Waals surface area (Å²) in [5.74, 6) is 0.535. The average Bonchev–Trinajstić information content (AvgIpc) is 3.08. The number of aryl methyl sites for hydroxylation is 2. The fourth-order valence-electron chi connectivity index (χ4n) is 2.25. The van der Waals surface area contributed by atoms with Gasteiger partial charge in [-0.05, 0) is 49.7 Å². The van der Waals surface area contributed by atoms with Gasteiger partial charge in [0.05, 0.1) is 11.2 Å². The summed E-state index contributed by atoms with van der Waals surface area (Å²) in [6.45, 7) is 3.78. The lowest BCUT2D eigenvalue weighted by Crippen LogP contribution is -2.13. The summed E-state index contributed by atoms with van der Waals surface area (Å²) in [5.41, 5.74) is 2.42. The van der Waals surface area contributed by atoms with Crippen molar-refractivity contribution in [3.8, 4) is 11.5 Å². The monoisotopic (exact) mass is 301 g/mol. The second kappa shape index (κ2) is 4.93. The third-order valence-electron chi connectivity index (χ3n) is 3.39. The highest BCUT2D eigenvalue weighted by molar-refractivity contribution is 7.90. The normalized spacial score (nSPS) is 11.7. The molecule has 0 saturated carbocycles. The minimum absolute atomic E-state index is 0.261. The lowest BCUT2D eigenvalue weighted by Gasteiger charge is -2.10. The molecule has 0 amide bonds. The van der Waals surface area contributed by atoms with Crippen LogP contribution in [0.3, 0.4) is 0 Å². The SMILES string of the molecule is Cc1ccc(S(=O)(=O)n2ccc(C)c2-c2ccco2)cc1. The summed E-state index contributed by atoms with van der Waals surface area (Å²) in [6, 6.07) is 12.1. The first-order valence-electron chi connectivity index (χ1n) is 6.54. The summed E-state index contributed by atoms with van der Waals surface area (Å²) in [4.78, 5) is 0.261. The van der Waals surface area contributed by atoms with Gasteiger partial charge in [0.2, 0.25) is 0 Å². The smallest absolute Gasteiger partial charge is 0.268 e. The van der Waals surface area contributed by atoms with E-state index in [0.29, 0.717) is 11.5 Å². The van der Waals surface area contributed by atoms with Crippen LogP contribution in [0.4, 0.5) is 0 Å². The maximum atomic E-state index is 12.8. The molecule has 0 atom stereocenters. The first-order valence-corrected chi connectivity index (χ1v) is 7.98. The predicted molar refractivity (Wildman–Crippen MR) is 80.6 cm³/mol. The molecule has 0 radical (unpaired) electrons. The minimum Gasteiger partial charge on any atom is -0.463 e. The van der Waals surface area contributed by atoms with Crippen LogP contribution in [-0.4, -0.2) is 12.4 Å². The van der Waals surface area contributed by atoms with Gasteiger partial charge >= 0.3 is 0 Å². The lowest BCUT2D eigenvalue weighted by atomic mass is 10.2. The van der Waals surface area contributed by atoms with Gasteiger partial charge in [0.15, 0.2) is 5.76 Å². The zero-order valence-corrected chi connectivity index (χ0v) is 12.6. The first-order chi connectivity index (χ1) is 10.00. The molecule has 0 aliphatic carbocycles. The van der Waals surface area contributed by atoms with Gasteiger partial charge in [0.1, 0.15) is 5.69 Å². The third-order valence-corrected chi connectivity index (χ3v) is 5.08. The predicted octanol–water partition coefficient (Wildman–Crippen LogP) is 3.60. The van der Waals surface area contributed by atoms with Gasteiger partial charge in [0.25, 0.3) is 10.0 Å². The molecule has 0 bridgehead atoms. The van der Waals surface area contributed by atoms with Crippen LogP contribution < -0.4 is 0 Å². The molecular formula is C16H15NO3S. The maximum Gasteiger partial charge on any atom is 0.268 e. The molecule has 0 aliphatic rings. The van der Waals surface area contributed by atoms with E-state index in [1.165, 1.54) is 10.2 Å². The largest absolute Gasteiger partial charge is 0.463 e. The Hall–Kier alpha value is -2.27. The van der Waals surface area contributed by atoms with Gasteiger partial charge in [-0.2, -0.15) is 0 Å². The Morgan fingerprint density at radius 2 is 1.71 bits per heavy atom. The van der Waals surface area contributed by atoms with Crippen molar-refractivity contribution in [2.24, 2.45) is 0 Å². The molecule has 0 aliphatic heterocycles. The Balaban J connectivity index is 2.19. The summed E-state index contributed by atoms with van der Waals surface area (Å²) in [6.07, 6.45) is 3.09. The van der Waals surface area contributed by atoms with E-state index in [2.05, 4.69) is 0 Å². The van der Waals surface area contributed by atoms with Crippen molar-refractivity contribution in [2.45, 2.75) is 18.7 Å². The van der Waals surface area contributed by atoms with E-state index in [0.717, 1.165) is 11.1 Å². The van der Waals surface area contributed by atoms with Crippen LogP contribution in [0.2, 0.25) is 0 Å². The van der Waals surface area contributed by atoms with Gasteiger partial charge in [-0.15, -0.1) is 0 Å². The fraction of sp³-hybridized carbons (Fsp3) is 0.125. The lowest BCUT2D eigenvalue weighted by molar-refractivity contribution is 0.571. The second-order valence-electron chi connectivity index (χ2n) is 4.94. The number of hydrogen-bond donors (Lipinski definition) is 0. The van der Waals surface area contributed by atoms with Crippen LogP contribution in [-0.2, 0) is 10.0 Å². The number of furan rings is 1. The number of aromatic nitrogens is 1. The Morgan fingerprint density at radius 3 is 2.33 bits per heavy atom. The van der Waals surface area contributed by atoms with E-state index in [4.69, 9.17) is 4.42 Å². The van der Waals surface area contributed by atoms with E-state index < -0.39 is 10.0 Å². The van der Waals surface area contributed by atoms with Gasteiger partial charge in [0, 0.05) is 6.20 Å². The van der Waals surface area contributed by atoms with Crippen LogP contribution in [0, 0.1) is 13.8 Å². The summed E-state index contributed by atoms with van der Waals surface area (Å²) >= 11 is 0. The van der Waals surface area contributed by atoms with E-state index in [1.54, 1.807) is 48.7 Å². The Morgan fingerprint density at radius 1 is 1.00 bits per heavy atom. The van der Waals surface area contributed by atoms with E-state index in [-0.39, 0.29) is 4.90 Å². The van der Waals surface area contributed by atoms with Crippen molar-refractivity contribution in [1.82, 2.24) is 3.97 Å². The van der Waals surface area contributed by atoms with Crippen LogP contribution in [0.15, 0.2) is 64.2 Å². The van der Waals surface area contributed by atoms with Gasteiger partial charge in [-0.25, -0.2) is 12.4 Å². The molecule has 4 nitrogen and oxygen atoms in total. The second-order valence-corrected chi connectivity index (χ2v) is 6.75.